The Hall–Kier alpha value is -3.74. The molecule has 2 aromatic heterocycles. The molecule has 7 nitrogen and oxygen atoms in total. The Balaban J connectivity index is 1.92. The van der Waals surface area contributed by atoms with Crippen molar-refractivity contribution in [2.45, 2.75) is 31.9 Å². The number of hydrogen-bond donors (Lipinski definition) is 2. The van der Waals surface area contributed by atoms with Gasteiger partial charge in [0.2, 0.25) is 0 Å². The summed E-state index contributed by atoms with van der Waals surface area (Å²) in [4.78, 5) is 26.0. The van der Waals surface area contributed by atoms with E-state index in [1.165, 1.54) is 0 Å². The SMILES string of the molecule is CC(C)(C)OC(=O)NC1=NC(c2ccncc2)(c2cccc(O)c2)c2cccnc21. The lowest BCUT2D eigenvalue weighted by Crippen LogP contribution is -2.36. The van der Waals surface area contributed by atoms with Crippen LogP contribution in [0.3, 0.4) is 0 Å². The number of nitrogens with one attached hydrogen (secondary N) is 1. The lowest BCUT2D eigenvalue weighted by Gasteiger charge is -2.28. The van der Waals surface area contributed by atoms with Gasteiger partial charge in [-0.1, -0.05) is 18.2 Å². The molecule has 0 fully saturated rings. The molecule has 2 N–H and O–H groups in total. The third kappa shape index (κ3) is 3.50. The fourth-order valence-corrected chi connectivity index (χ4v) is 3.59. The Labute approximate surface area is 174 Å². The Morgan fingerprint density at radius 3 is 2.50 bits per heavy atom. The van der Waals surface area contributed by atoms with Crippen molar-refractivity contribution in [3.63, 3.8) is 0 Å². The van der Waals surface area contributed by atoms with Gasteiger partial charge in [0.25, 0.3) is 0 Å². The number of hydrogen-bond acceptors (Lipinski definition) is 6. The monoisotopic (exact) mass is 402 g/mol. The van der Waals surface area contributed by atoms with Crippen LogP contribution in [0.15, 0.2) is 72.1 Å². The number of aliphatic imine (C=N–C) groups is 1. The van der Waals surface area contributed by atoms with Crippen LogP contribution in [0.25, 0.3) is 0 Å². The zero-order valence-corrected chi connectivity index (χ0v) is 17.0. The van der Waals surface area contributed by atoms with E-state index >= 15 is 0 Å². The summed E-state index contributed by atoms with van der Waals surface area (Å²) < 4.78 is 5.40. The summed E-state index contributed by atoms with van der Waals surface area (Å²) in [5.74, 6) is 0.426. The molecule has 1 aliphatic rings. The number of carbonyl (C=O) groups excluding carboxylic acids is 1. The lowest BCUT2D eigenvalue weighted by atomic mass is 9.79. The number of nitrogens with zero attached hydrogens (tertiary/aromatic N) is 3. The van der Waals surface area contributed by atoms with Gasteiger partial charge < -0.3 is 9.84 Å². The molecule has 152 valence electrons. The Kier molecular flexibility index (Phi) is 4.73. The average Bonchev–Trinajstić information content (AvgIpc) is 3.03. The van der Waals surface area contributed by atoms with Crippen molar-refractivity contribution in [1.29, 1.82) is 0 Å². The lowest BCUT2D eigenvalue weighted by molar-refractivity contribution is 0.0563. The van der Waals surface area contributed by atoms with Gasteiger partial charge in [0, 0.05) is 24.2 Å². The molecule has 0 spiro atoms. The molecule has 0 saturated carbocycles. The third-order valence-electron chi connectivity index (χ3n) is 4.68. The first-order chi connectivity index (χ1) is 14.3. The number of phenolic OH excluding ortho intramolecular Hbond substituents is 1. The number of fused-ring (bicyclic) bond motifs is 1. The van der Waals surface area contributed by atoms with E-state index in [0.29, 0.717) is 11.5 Å². The van der Waals surface area contributed by atoms with E-state index in [2.05, 4.69) is 15.3 Å². The molecule has 0 radical (unpaired) electrons. The highest BCUT2D eigenvalue weighted by Gasteiger charge is 2.45. The molecule has 4 rings (SSSR count). The number of aromatic nitrogens is 2. The van der Waals surface area contributed by atoms with E-state index in [4.69, 9.17) is 9.73 Å². The molecular weight excluding hydrogens is 380 g/mol. The van der Waals surface area contributed by atoms with Gasteiger partial charge in [0.05, 0.1) is 0 Å². The number of pyridine rings is 2. The number of amidine groups is 1. The number of ether oxygens (including phenoxy) is 1. The second-order valence-electron chi connectivity index (χ2n) is 7.98. The van der Waals surface area contributed by atoms with Gasteiger partial charge in [-0.25, -0.2) is 9.79 Å². The molecule has 1 aliphatic heterocycles. The van der Waals surface area contributed by atoms with E-state index in [-0.39, 0.29) is 5.75 Å². The molecule has 0 saturated heterocycles. The summed E-state index contributed by atoms with van der Waals surface area (Å²) in [7, 11) is 0. The average molecular weight is 402 g/mol. The molecule has 1 aromatic carbocycles. The maximum atomic E-state index is 12.5. The summed E-state index contributed by atoms with van der Waals surface area (Å²) in [6.45, 7) is 5.38. The molecule has 1 amide bonds. The number of amides is 1. The van der Waals surface area contributed by atoms with Crippen molar-refractivity contribution >= 4 is 11.9 Å². The molecule has 30 heavy (non-hydrogen) atoms. The van der Waals surface area contributed by atoms with Crippen molar-refractivity contribution in [3.05, 3.63) is 89.5 Å². The topological polar surface area (TPSA) is 96.7 Å². The second kappa shape index (κ2) is 7.26. The summed E-state index contributed by atoms with van der Waals surface area (Å²) in [5.41, 5.74) is 1.25. The highest BCUT2D eigenvalue weighted by Crippen LogP contribution is 2.45. The summed E-state index contributed by atoms with van der Waals surface area (Å²) in [6.07, 6.45) is 4.41. The van der Waals surface area contributed by atoms with E-state index in [9.17, 15) is 9.90 Å². The molecule has 3 aromatic rings. The third-order valence-corrected chi connectivity index (χ3v) is 4.68. The summed E-state index contributed by atoms with van der Waals surface area (Å²) in [6, 6.07) is 14.4. The summed E-state index contributed by atoms with van der Waals surface area (Å²) in [5, 5.41) is 12.9. The van der Waals surface area contributed by atoms with E-state index in [1.807, 2.05) is 30.3 Å². The smallest absolute Gasteiger partial charge is 0.413 e. The van der Waals surface area contributed by atoms with Crippen LogP contribution >= 0.6 is 0 Å². The van der Waals surface area contributed by atoms with Gasteiger partial charge in [0.1, 0.15) is 22.6 Å². The predicted octanol–water partition coefficient (Wildman–Crippen LogP) is 3.76. The van der Waals surface area contributed by atoms with Crippen LogP contribution in [-0.2, 0) is 10.3 Å². The Bertz CT molecular complexity index is 1120. The van der Waals surface area contributed by atoms with Crippen LogP contribution in [-0.4, -0.2) is 32.6 Å². The van der Waals surface area contributed by atoms with Crippen LogP contribution < -0.4 is 5.32 Å². The molecule has 3 heterocycles. The largest absolute Gasteiger partial charge is 0.508 e. The van der Waals surface area contributed by atoms with Crippen molar-refractivity contribution in [3.8, 4) is 5.75 Å². The highest BCUT2D eigenvalue weighted by molar-refractivity contribution is 6.09. The van der Waals surface area contributed by atoms with Gasteiger partial charge in [-0.05, 0) is 62.2 Å². The first-order valence-electron chi connectivity index (χ1n) is 9.55. The van der Waals surface area contributed by atoms with Gasteiger partial charge in [0.15, 0.2) is 5.84 Å². The first-order valence-corrected chi connectivity index (χ1v) is 9.55. The summed E-state index contributed by atoms with van der Waals surface area (Å²) >= 11 is 0. The molecule has 0 aliphatic carbocycles. The molecular formula is C23H22N4O3. The number of aromatic hydroxyl groups is 1. The van der Waals surface area contributed by atoms with Gasteiger partial charge >= 0.3 is 6.09 Å². The molecule has 1 unspecified atom stereocenters. The fraction of sp³-hybridized carbons (Fsp3) is 0.217. The Morgan fingerprint density at radius 2 is 1.80 bits per heavy atom. The van der Waals surface area contributed by atoms with Crippen LogP contribution in [0, 0.1) is 0 Å². The number of rotatable bonds is 2. The van der Waals surface area contributed by atoms with Crippen molar-refractivity contribution in [1.82, 2.24) is 15.3 Å². The quantitative estimate of drug-likeness (QED) is 0.680. The number of carbonyl (C=O) groups is 1. The van der Waals surface area contributed by atoms with Crippen LogP contribution in [0.1, 0.15) is 43.2 Å². The predicted molar refractivity (Wildman–Crippen MR) is 112 cm³/mol. The maximum absolute atomic E-state index is 12.5. The van der Waals surface area contributed by atoms with Gasteiger partial charge in [-0.3, -0.25) is 15.3 Å². The molecule has 0 bridgehead atoms. The number of phenols is 1. The van der Waals surface area contributed by atoms with Crippen LogP contribution in [0.5, 0.6) is 5.75 Å². The number of alkyl carbamates (subject to hydrolysis) is 1. The second-order valence-corrected chi connectivity index (χ2v) is 7.98. The van der Waals surface area contributed by atoms with Crippen molar-refractivity contribution < 1.29 is 14.6 Å². The molecule has 7 heteroatoms. The van der Waals surface area contributed by atoms with Gasteiger partial charge in [-0.2, -0.15) is 0 Å². The van der Waals surface area contributed by atoms with Crippen molar-refractivity contribution in [2.24, 2.45) is 4.99 Å². The molecule has 1 atom stereocenters. The van der Waals surface area contributed by atoms with Crippen molar-refractivity contribution in [2.75, 3.05) is 0 Å². The van der Waals surface area contributed by atoms with Crippen LogP contribution in [0.2, 0.25) is 0 Å². The van der Waals surface area contributed by atoms with E-state index in [1.54, 1.807) is 57.6 Å². The minimum atomic E-state index is -1.00. The Morgan fingerprint density at radius 1 is 1.03 bits per heavy atom. The first kappa shape index (κ1) is 19.6. The minimum absolute atomic E-state index is 0.120. The standard InChI is InChI=1S/C23H22N4O3/c1-22(2,3)30-21(29)26-20-19-18(8-5-11-25-19)23(27-20,15-9-12-24-13-10-15)16-6-4-7-17(28)14-16/h4-14,28H,1-3H3,(H,26,27,29). The van der Waals surface area contributed by atoms with E-state index in [0.717, 1.165) is 16.7 Å². The van der Waals surface area contributed by atoms with Gasteiger partial charge in [-0.15, -0.1) is 0 Å². The maximum Gasteiger partial charge on any atom is 0.413 e. The number of benzene rings is 1. The normalized spacial score (nSPS) is 17.8. The minimum Gasteiger partial charge on any atom is -0.508 e. The van der Waals surface area contributed by atoms with Crippen LogP contribution in [0.4, 0.5) is 4.79 Å². The zero-order valence-electron chi connectivity index (χ0n) is 17.0. The zero-order chi connectivity index (χ0) is 21.4. The fourth-order valence-electron chi connectivity index (χ4n) is 3.59. The highest BCUT2D eigenvalue weighted by atomic mass is 16.6. The van der Waals surface area contributed by atoms with E-state index < -0.39 is 17.2 Å².